The number of aromatic carboxylic acids is 1. The van der Waals surface area contributed by atoms with Gasteiger partial charge in [-0.25, -0.2) is 18.6 Å². The van der Waals surface area contributed by atoms with Gasteiger partial charge in [0.2, 0.25) is 5.88 Å². The van der Waals surface area contributed by atoms with Gasteiger partial charge in [0.05, 0.1) is 12.7 Å². The molecule has 6 heteroatoms. The lowest BCUT2D eigenvalue weighted by atomic mass is 9.80. The van der Waals surface area contributed by atoms with Crippen LogP contribution < -0.4 is 4.74 Å². The topological polar surface area (TPSA) is 59.4 Å². The molecule has 0 atom stereocenters. The maximum Gasteiger partial charge on any atom is 0.357 e. The monoisotopic (exact) mass is 243 g/mol. The molecule has 1 N–H and O–H groups in total. The quantitative estimate of drug-likeness (QED) is 0.885. The van der Waals surface area contributed by atoms with Gasteiger partial charge < -0.3 is 9.84 Å². The van der Waals surface area contributed by atoms with Gasteiger partial charge in [0.15, 0.2) is 17.3 Å². The Balaban J connectivity index is 2.58. The summed E-state index contributed by atoms with van der Waals surface area (Å²) in [5, 5.41) is 8.69. The highest BCUT2D eigenvalue weighted by molar-refractivity contribution is 5.86. The number of ether oxygens (including phenoxy) is 1. The van der Waals surface area contributed by atoms with Crippen LogP contribution in [0.15, 0.2) is 0 Å². The summed E-state index contributed by atoms with van der Waals surface area (Å²) in [4.78, 5) is 14.2. The second kappa shape index (κ2) is 4.27. The number of methoxy groups -OCH3 is 1. The molecule has 0 radical (unpaired) electrons. The minimum absolute atomic E-state index is 0.0567. The minimum atomic E-state index is -1.61. The van der Waals surface area contributed by atoms with Crippen molar-refractivity contribution in [2.75, 3.05) is 7.11 Å². The largest absolute Gasteiger partial charge is 0.481 e. The number of halogens is 2. The molecule has 0 spiro atoms. The molecule has 1 aliphatic rings. The van der Waals surface area contributed by atoms with Crippen LogP contribution in [0.1, 0.15) is 41.2 Å². The van der Waals surface area contributed by atoms with Crippen LogP contribution in [0.5, 0.6) is 5.88 Å². The van der Waals surface area contributed by atoms with E-state index in [1.807, 2.05) is 0 Å². The van der Waals surface area contributed by atoms with E-state index in [9.17, 15) is 13.6 Å². The van der Waals surface area contributed by atoms with Crippen molar-refractivity contribution < 1.29 is 23.4 Å². The number of pyridine rings is 1. The molecule has 17 heavy (non-hydrogen) atoms. The van der Waals surface area contributed by atoms with Crippen molar-refractivity contribution in [1.82, 2.24) is 4.98 Å². The molecular formula is C11H11F2NO3. The SMILES string of the molecule is COc1nc(C(=O)O)c(F)c(F)c1C1CCC1. The van der Waals surface area contributed by atoms with Gasteiger partial charge in [0.25, 0.3) is 0 Å². The maximum absolute atomic E-state index is 13.8. The molecule has 0 aromatic carbocycles. The minimum Gasteiger partial charge on any atom is -0.481 e. The van der Waals surface area contributed by atoms with Crippen molar-refractivity contribution in [2.24, 2.45) is 0 Å². The van der Waals surface area contributed by atoms with E-state index >= 15 is 0 Å². The summed E-state index contributed by atoms with van der Waals surface area (Å²) in [6.45, 7) is 0. The summed E-state index contributed by atoms with van der Waals surface area (Å²) in [5.74, 6) is -4.44. The number of rotatable bonds is 3. The molecule has 1 saturated carbocycles. The van der Waals surface area contributed by atoms with Crippen molar-refractivity contribution in [1.29, 1.82) is 0 Å². The first-order valence-corrected chi connectivity index (χ1v) is 5.22. The average Bonchev–Trinajstić information content (AvgIpc) is 2.22. The highest BCUT2D eigenvalue weighted by Crippen LogP contribution is 2.42. The first-order valence-electron chi connectivity index (χ1n) is 5.22. The first-order chi connectivity index (χ1) is 8.06. The fourth-order valence-electron chi connectivity index (χ4n) is 1.87. The van der Waals surface area contributed by atoms with Crippen LogP contribution in [0.2, 0.25) is 0 Å². The number of hydrogen-bond donors (Lipinski definition) is 1. The molecule has 4 nitrogen and oxygen atoms in total. The van der Waals surface area contributed by atoms with Crippen LogP contribution in [-0.4, -0.2) is 23.2 Å². The third kappa shape index (κ3) is 1.83. The Morgan fingerprint density at radius 3 is 2.47 bits per heavy atom. The maximum atomic E-state index is 13.8. The van der Waals surface area contributed by atoms with Gasteiger partial charge >= 0.3 is 5.97 Å². The zero-order chi connectivity index (χ0) is 12.6. The second-order valence-corrected chi connectivity index (χ2v) is 3.94. The zero-order valence-corrected chi connectivity index (χ0v) is 9.17. The molecule has 2 rings (SSSR count). The van der Waals surface area contributed by atoms with Crippen molar-refractivity contribution in [3.8, 4) is 5.88 Å². The lowest BCUT2D eigenvalue weighted by molar-refractivity contribution is 0.0682. The van der Waals surface area contributed by atoms with Crippen LogP contribution in [0.25, 0.3) is 0 Å². The summed E-state index contributed by atoms with van der Waals surface area (Å²) in [7, 11) is 1.26. The van der Waals surface area contributed by atoms with E-state index in [0.29, 0.717) is 0 Å². The van der Waals surface area contributed by atoms with Gasteiger partial charge in [-0.2, -0.15) is 0 Å². The fourth-order valence-corrected chi connectivity index (χ4v) is 1.87. The van der Waals surface area contributed by atoms with Crippen LogP contribution in [0, 0.1) is 11.6 Å². The van der Waals surface area contributed by atoms with Crippen molar-refractivity contribution in [3.63, 3.8) is 0 Å². The third-order valence-electron chi connectivity index (χ3n) is 2.99. The Hall–Kier alpha value is -1.72. The molecule has 0 bridgehead atoms. The van der Waals surface area contributed by atoms with Crippen LogP contribution in [-0.2, 0) is 0 Å². The number of carbonyl (C=O) groups is 1. The van der Waals surface area contributed by atoms with E-state index in [4.69, 9.17) is 9.84 Å². The van der Waals surface area contributed by atoms with Gasteiger partial charge in [-0.3, -0.25) is 0 Å². The van der Waals surface area contributed by atoms with Crippen LogP contribution in [0.3, 0.4) is 0 Å². The Morgan fingerprint density at radius 1 is 1.41 bits per heavy atom. The normalized spacial score (nSPS) is 15.5. The van der Waals surface area contributed by atoms with Gasteiger partial charge in [0.1, 0.15) is 0 Å². The summed E-state index contributed by atoms with van der Waals surface area (Å²) in [6.07, 6.45) is 2.41. The molecule has 0 aliphatic heterocycles. The number of carboxylic acids is 1. The lowest BCUT2D eigenvalue weighted by Gasteiger charge is -2.27. The van der Waals surface area contributed by atoms with Gasteiger partial charge in [-0.1, -0.05) is 6.42 Å². The molecule has 0 saturated heterocycles. The molecule has 1 aliphatic carbocycles. The smallest absolute Gasteiger partial charge is 0.357 e. The Labute approximate surface area is 96.2 Å². The number of aromatic nitrogens is 1. The third-order valence-corrected chi connectivity index (χ3v) is 2.99. The van der Waals surface area contributed by atoms with Gasteiger partial charge in [-0.05, 0) is 18.8 Å². The summed E-state index contributed by atoms with van der Waals surface area (Å²) < 4.78 is 32.1. The van der Waals surface area contributed by atoms with Crippen LogP contribution in [0.4, 0.5) is 8.78 Å². The fraction of sp³-hybridized carbons (Fsp3) is 0.455. The molecule has 92 valence electrons. The standard InChI is InChI=1S/C11H11F2NO3/c1-17-10-6(5-3-2-4-5)7(12)8(13)9(14-10)11(15)16/h5H,2-4H2,1H3,(H,15,16). The summed E-state index contributed by atoms with van der Waals surface area (Å²) in [6, 6.07) is 0. The zero-order valence-electron chi connectivity index (χ0n) is 9.17. The Morgan fingerprint density at radius 2 is 2.06 bits per heavy atom. The molecule has 1 fully saturated rings. The van der Waals surface area contributed by atoms with Crippen molar-refractivity contribution >= 4 is 5.97 Å². The van der Waals surface area contributed by atoms with Crippen molar-refractivity contribution in [3.05, 3.63) is 22.9 Å². The van der Waals surface area contributed by atoms with Crippen molar-refractivity contribution in [2.45, 2.75) is 25.2 Å². The molecular weight excluding hydrogens is 232 g/mol. The van der Waals surface area contributed by atoms with E-state index in [1.54, 1.807) is 0 Å². The highest BCUT2D eigenvalue weighted by atomic mass is 19.2. The number of nitrogens with zero attached hydrogens (tertiary/aromatic N) is 1. The highest BCUT2D eigenvalue weighted by Gasteiger charge is 2.32. The van der Waals surface area contributed by atoms with Gasteiger partial charge in [0, 0.05) is 0 Å². The van der Waals surface area contributed by atoms with Crippen LogP contribution >= 0.6 is 0 Å². The molecule has 1 aromatic rings. The molecule has 1 aromatic heterocycles. The first kappa shape index (κ1) is 11.8. The predicted octanol–water partition coefficient (Wildman–Crippen LogP) is 2.33. The van der Waals surface area contributed by atoms with Gasteiger partial charge in [-0.15, -0.1) is 0 Å². The summed E-state index contributed by atoms with van der Waals surface area (Å²) >= 11 is 0. The molecule has 1 heterocycles. The molecule has 0 amide bonds. The van der Waals surface area contributed by atoms with E-state index in [-0.39, 0.29) is 17.4 Å². The predicted molar refractivity (Wildman–Crippen MR) is 54.3 cm³/mol. The van der Waals surface area contributed by atoms with E-state index in [2.05, 4.69) is 4.98 Å². The average molecular weight is 243 g/mol. The Bertz CT molecular complexity index is 472. The van der Waals surface area contributed by atoms with E-state index in [1.165, 1.54) is 7.11 Å². The number of carboxylic acid groups (broad SMARTS) is 1. The second-order valence-electron chi connectivity index (χ2n) is 3.94. The number of hydrogen-bond acceptors (Lipinski definition) is 3. The van der Waals surface area contributed by atoms with E-state index in [0.717, 1.165) is 19.3 Å². The summed E-state index contributed by atoms with van der Waals surface area (Å²) in [5.41, 5.74) is -0.885. The Kier molecular flexibility index (Phi) is 2.95. The lowest BCUT2D eigenvalue weighted by Crippen LogP contribution is -2.17. The van der Waals surface area contributed by atoms with E-state index < -0.39 is 23.3 Å². The molecule has 0 unspecified atom stereocenters.